The van der Waals surface area contributed by atoms with Gasteiger partial charge >= 0.3 is 0 Å². The van der Waals surface area contributed by atoms with Gasteiger partial charge in [0.15, 0.2) is 5.78 Å². The van der Waals surface area contributed by atoms with Gasteiger partial charge in [-0.25, -0.2) is 0 Å². The predicted molar refractivity (Wildman–Crippen MR) is 73.1 cm³/mol. The number of Topliss-reactive ketones (excluding diaryl/α,β-unsaturated/α-hetero) is 1. The maximum atomic E-state index is 12.5. The summed E-state index contributed by atoms with van der Waals surface area (Å²) in [7, 11) is 0. The summed E-state index contributed by atoms with van der Waals surface area (Å²) in [5.41, 5.74) is 3.23. The average Bonchev–Trinajstić information content (AvgIpc) is 2.83. The number of benzene rings is 1. The molecular formula is C16H22O2. The third kappa shape index (κ3) is 2.64. The monoisotopic (exact) mass is 246 g/mol. The summed E-state index contributed by atoms with van der Waals surface area (Å²) in [6, 6.07) is 6.26. The van der Waals surface area contributed by atoms with Crippen LogP contribution in [0.3, 0.4) is 0 Å². The van der Waals surface area contributed by atoms with Crippen molar-refractivity contribution < 1.29 is 9.53 Å². The van der Waals surface area contributed by atoms with Crippen LogP contribution in [0, 0.1) is 0 Å². The van der Waals surface area contributed by atoms with Gasteiger partial charge < -0.3 is 4.74 Å². The highest BCUT2D eigenvalue weighted by molar-refractivity contribution is 6.01. The summed E-state index contributed by atoms with van der Waals surface area (Å²) >= 11 is 0. The zero-order valence-electron chi connectivity index (χ0n) is 11.5. The molecule has 2 atom stereocenters. The van der Waals surface area contributed by atoms with E-state index in [9.17, 15) is 4.79 Å². The summed E-state index contributed by atoms with van der Waals surface area (Å²) in [5, 5.41) is 0. The Morgan fingerprint density at radius 1 is 1.28 bits per heavy atom. The molecule has 2 unspecified atom stereocenters. The lowest BCUT2D eigenvalue weighted by Crippen LogP contribution is -2.22. The van der Waals surface area contributed by atoms with Crippen LogP contribution in [-0.4, -0.2) is 18.0 Å². The Morgan fingerprint density at radius 3 is 2.61 bits per heavy atom. The van der Waals surface area contributed by atoms with Gasteiger partial charge in [-0.15, -0.1) is 0 Å². The van der Waals surface area contributed by atoms with Crippen molar-refractivity contribution in [3.63, 3.8) is 0 Å². The van der Waals surface area contributed by atoms with E-state index in [1.807, 2.05) is 13.0 Å². The molecule has 1 saturated heterocycles. The molecule has 0 aliphatic carbocycles. The molecule has 0 amide bonds. The Bertz CT molecular complexity index is 437. The second-order valence-corrected chi connectivity index (χ2v) is 5.08. The lowest BCUT2D eigenvalue weighted by molar-refractivity contribution is 0.0432. The Labute approximate surface area is 109 Å². The first-order chi connectivity index (χ1) is 8.65. The fourth-order valence-corrected chi connectivity index (χ4v) is 2.55. The summed E-state index contributed by atoms with van der Waals surface area (Å²) < 4.78 is 5.70. The maximum absolute atomic E-state index is 12.5. The first-order valence-electron chi connectivity index (χ1n) is 6.97. The Morgan fingerprint density at radius 2 is 2.06 bits per heavy atom. The summed E-state index contributed by atoms with van der Waals surface area (Å²) in [4.78, 5) is 12.5. The lowest BCUT2D eigenvalue weighted by atomic mass is 9.94. The number of ketones is 1. The second-order valence-electron chi connectivity index (χ2n) is 5.08. The third-order valence-corrected chi connectivity index (χ3v) is 3.75. The largest absolute Gasteiger partial charge is 0.367 e. The van der Waals surface area contributed by atoms with Crippen LogP contribution >= 0.6 is 0 Å². The van der Waals surface area contributed by atoms with Crippen molar-refractivity contribution >= 4 is 5.78 Å². The molecule has 0 radical (unpaired) electrons. The van der Waals surface area contributed by atoms with Crippen LogP contribution in [0.25, 0.3) is 0 Å². The molecule has 2 heteroatoms. The maximum Gasteiger partial charge on any atom is 0.191 e. The molecule has 2 rings (SSSR count). The first-order valence-corrected chi connectivity index (χ1v) is 6.97. The Balaban J connectivity index is 2.27. The van der Waals surface area contributed by atoms with Crippen molar-refractivity contribution in [1.29, 1.82) is 0 Å². The molecule has 1 aromatic rings. The highest BCUT2D eigenvalue weighted by Crippen LogP contribution is 2.24. The number of carbonyl (C=O) groups excluding carboxylic acids is 1. The third-order valence-electron chi connectivity index (χ3n) is 3.75. The van der Waals surface area contributed by atoms with E-state index in [4.69, 9.17) is 4.74 Å². The molecule has 1 aliphatic heterocycles. The van der Waals surface area contributed by atoms with E-state index < -0.39 is 0 Å². The van der Waals surface area contributed by atoms with Gasteiger partial charge in [0.05, 0.1) is 6.10 Å². The molecule has 1 fully saturated rings. The molecule has 98 valence electrons. The minimum absolute atomic E-state index is 0.173. The Kier molecular flexibility index (Phi) is 4.18. The predicted octanol–water partition coefficient (Wildman–Crippen LogP) is 3.56. The van der Waals surface area contributed by atoms with Crippen LogP contribution in [-0.2, 0) is 17.6 Å². The van der Waals surface area contributed by atoms with E-state index in [1.54, 1.807) is 0 Å². The van der Waals surface area contributed by atoms with Crippen LogP contribution < -0.4 is 0 Å². The standard InChI is InChI=1S/C16H22O2/c1-4-12-7-8-13(5-2)14(10-12)16(17)15-9-6-11(3)18-15/h7-8,10-11,15H,4-6,9H2,1-3H3. The van der Waals surface area contributed by atoms with Gasteiger partial charge in [0.2, 0.25) is 0 Å². The molecular weight excluding hydrogens is 224 g/mol. The molecule has 0 bridgehead atoms. The van der Waals surface area contributed by atoms with Gasteiger partial charge in [-0.05, 0) is 49.8 Å². The van der Waals surface area contributed by atoms with Gasteiger partial charge in [-0.3, -0.25) is 4.79 Å². The van der Waals surface area contributed by atoms with Gasteiger partial charge in [0, 0.05) is 5.56 Å². The topological polar surface area (TPSA) is 26.3 Å². The van der Waals surface area contributed by atoms with E-state index in [0.29, 0.717) is 0 Å². The molecule has 0 aromatic heterocycles. The number of aryl methyl sites for hydroxylation is 2. The molecule has 18 heavy (non-hydrogen) atoms. The van der Waals surface area contributed by atoms with Crippen molar-refractivity contribution in [1.82, 2.24) is 0 Å². The molecule has 2 nitrogen and oxygen atoms in total. The fourth-order valence-electron chi connectivity index (χ4n) is 2.55. The van der Waals surface area contributed by atoms with E-state index >= 15 is 0 Å². The van der Waals surface area contributed by atoms with Crippen molar-refractivity contribution in [3.05, 3.63) is 34.9 Å². The van der Waals surface area contributed by atoms with E-state index in [2.05, 4.69) is 26.0 Å². The molecule has 1 heterocycles. The lowest BCUT2D eigenvalue weighted by Gasteiger charge is -2.14. The van der Waals surface area contributed by atoms with Crippen LogP contribution in [0.5, 0.6) is 0 Å². The summed E-state index contributed by atoms with van der Waals surface area (Å²) in [6.07, 6.45) is 3.71. The molecule has 0 N–H and O–H groups in total. The van der Waals surface area contributed by atoms with Gasteiger partial charge in [-0.1, -0.05) is 26.0 Å². The minimum atomic E-state index is -0.225. The minimum Gasteiger partial charge on any atom is -0.367 e. The summed E-state index contributed by atoms with van der Waals surface area (Å²) in [6.45, 7) is 6.25. The number of hydrogen-bond donors (Lipinski definition) is 0. The highest BCUT2D eigenvalue weighted by Gasteiger charge is 2.29. The average molecular weight is 246 g/mol. The molecule has 0 spiro atoms. The van der Waals surface area contributed by atoms with Crippen LogP contribution in [0.1, 0.15) is 55.1 Å². The second kappa shape index (κ2) is 5.66. The first kappa shape index (κ1) is 13.3. The van der Waals surface area contributed by atoms with Gasteiger partial charge in [0.25, 0.3) is 0 Å². The molecule has 1 aliphatic rings. The fraction of sp³-hybridized carbons (Fsp3) is 0.562. The van der Waals surface area contributed by atoms with Crippen LogP contribution in [0.2, 0.25) is 0 Å². The van der Waals surface area contributed by atoms with Crippen molar-refractivity contribution in [2.75, 3.05) is 0 Å². The molecule has 1 aromatic carbocycles. The van der Waals surface area contributed by atoms with E-state index in [0.717, 1.165) is 36.8 Å². The zero-order chi connectivity index (χ0) is 13.1. The zero-order valence-corrected chi connectivity index (χ0v) is 11.5. The van der Waals surface area contributed by atoms with Crippen molar-refractivity contribution in [2.24, 2.45) is 0 Å². The Hall–Kier alpha value is -1.15. The SMILES string of the molecule is CCc1ccc(CC)c(C(=O)C2CCC(C)O2)c1. The van der Waals surface area contributed by atoms with Gasteiger partial charge in [-0.2, -0.15) is 0 Å². The smallest absolute Gasteiger partial charge is 0.191 e. The van der Waals surface area contributed by atoms with E-state index in [-0.39, 0.29) is 18.0 Å². The number of ether oxygens (including phenoxy) is 1. The summed E-state index contributed by atoms with van der Waals surface area (Å²) in [5.74, 6) is 0.173. The number of hydrogen-bond acceptors (Lipinski definition) is 2. The van der Waals surface area contributed by atoms with Crippen LogP contribution in [0.15, 0.2) is 18.2 Å². The van der Waals surface area contributed by atoms with E-state index in [1.165, 1.54) is 5.56 Å². The van der Waals surface area contributed by atoms with Gasteiger partial charge in [0.1, 0.15) is 6.10 Å². The van der Waals surface area contributed by atoms with Crippen molar-refractivity contribution in [3.8, 4) is 0 Å². The normalized spacial score (nSPS) is 23.3. The van der Waals surface area contributed by atoms with Crippen molar-refractivity contribution in [2.45, 2.75) is 58.7 Å². The number of carbonyl (C=O) groups is 1. The quantitative estimate of drug-likeness (QED) is 0.759. The van der Waals surface area contributed by atoms with Crippen LogP contribution in [0.4, 0.5) is 0 Å². The highest BCUT2D eigenvalue weighted by atomic mass is 16.5. The molecule has 0 saturated carbocycles. The number of rotatable bonds is 4.